The van der Waals surface area contributed by atoms with E-state index in [0.29, 0.717) is 17.5 Å². The molecule has 1 spiro atoms. The normalized spacial score (nSPS) is 19.9. The average molecular weight is 426 g/mol. The minimum absolute atomic E-state index is 0. The predicted octanol–water partition coefficient (Wildman–Crippen LogP) is 3.13. The summed E-state index contributed by atoms with van der Waals surface area (Å²) in [6, 6.07) is 6.00. The van der Waals surface area contributed by atoms with Crippen LogP contribution in [0.4, 0.5) is 0 Å². The molecule has 1 aliphatic carbocycles. The molecular formula is C19H24ClN3O2S2. The van der Waals surface area contributed by atoms with Gasteiger partial charge in [-0.15, -0.1) is 23.7 Å². The van der Waals surface area contributed by atoms with Crippen LogP contribution in [0.1, 0.15) is 34.5 Å². The first kappa shape index (κ1) is 20.3. The molecule has 5 nitrogen and oxygen atoms in total. The van der Waals surface area contributed by atoms with Crippen LogP contribution in [0.2, 0.25) is 0 Å². The Kier molecular flexibility index (Phi) is 6.57. The topological polar surface area (TPSA) is 61.4 Å². The summed E-state index contributed by atoms with van der Waals surface area (Å²) in [7, 11) is 0. The van der Waals surface area contributed by atoms with Crippen molar-refractivity contribution >= 4 is 46.9 Å². The standard InChI is InChI=1S/C19H23N3O2S2.ClH/c23-17(11-21-18(24)15-2-1-8-26-15)22(12-14-3-9-25-13-14)16-10-19(16)4-6-20-7-5-19;/h1-3,8-9,13,16,20H,4-7,10-12H2,(H,21,24);1H. The van der Waals surface area contributed by atoms with Gasteiger partial charge in [-0.05, 0) is 71.6 Å². The highest BCUT2D eigenvalue weighted by Gasteiger charge is 2.57. The van der Waals surface area contributed by atoms with Crippen LogP contribution in [0.3, 0.4) is 0 Å². The van der Waals surface area contributed by atoms with Gasteiger partial charge in [-0.25, -0.2) is 0 Å². The minimum Gasteiger partial charge on any atom is -0.342 e. The summed E-state index contributed by atoms with van der Waals surface area (Å²) >= 11 is 3.04. The van der Waals surface area contributed by atoms with Gasteiger partial charge in [-0.2, -0.15) is 11.3 Å². The Balaban J connectivity index is 0.00000210. The Hall–Kier alpha value is -1.41. The molecule has 0 bridgehead atoms. The summed E-state index contributed by atoms with van der Waals surface area (Å²) in [5, 5.41) is 12.2. The van der Waals surface area contributed by atoms with Crippen molar-refractivity contribution in [1.82, 2.24) is 15.5 Å². The molecule has 2 aliphatic rings. The van der Waals surface area contributed by atoms with Crippen molar-refractivity contribution in [1.29, 1.82) is 0 Å². The second-order valence-corrected chi connectivity index (χ2v) is 8.87. The van der Waals surface area contributed by atoms with Crippen molar-refractivity contribution in [3.8, 4) is 0 Å². The maximum atomic E-state index is 13.0. The second kappa shape index (κ2) is 8.73. The van der Waals surface area contributed by atoms with E-state index in [1.165, 1.54) is 16.9 Å². The van der Waals surface area contributed by atoms with Crippen molar-refractivity contribution in [2.45, 2.75) is 31.8 Å². The molecular weight excluding hydrogens is 402 g/mol. The molecule has 2 amide bonds. The van der Waals surface area contributed by atoms with E-state index in [0.717, 1.165) is 32.4 Å². The smallest absolute Gasteiger partial charge is 0.261 e. The molecule has 4 rings (SSSR count). The van der Waals surface area contributed by atoms with E-state index in [-0.39, 0.29) is 36.2 Å². The van der Waals surface area contributed by atoms with Gasteiger partial charge in [0.1, 0.15) is 0 Å². The van der Waals surface area contributed by atoms with Gasteiger partial charge in [0.2, 0.25) is 5.91 Å². The lowest BCUT2D eigenvalue weighted by Crippen LogP contribution is -2.43. The molecule has 1 saturated carbocycles. The molecule has 27 heavy (non-hydrogen) atoms. The molecule has 0 radical (unpaired) electrons. The van der Waals surface area contributed by atoms with Crippen LogP contribution in [0, 0.1) is 5.41 Å². The Morgan fingerprint density at radius 2 is 2.07 bits per heavy atom. The molecule has 8 heteroatoms. The predicted molar refractivity (Wildman–Crippen MR) is 112 cm³/mol. The molecule has 2 N–H and O–H groups in total. The molecule has 1 aliphatic heterocycles. The van der Waals surface area contributed by atoms with Gasteiger partial charge >= 0.3 is 0 Å². The molecule has 1 atom stereocenters. The monoisotopic (exact) mass is 425 g/mol. The SMILES string of the molecule is Cl.O=C(NCC(=O)N(Cc1ccsc1)C1CC12CCNCC2)c1cccs1. The third kappa shape index (κ3) is 4.54. The van der Waals surface area contributed by atoms with Gasteiger partial charge in [0, 0.05) is 12.6 Å². The van der Waals surface area contributed by atoms with Crippen molar-refractivity contribution in [3.63, 3.8) is 0 Å². The Morgan fingerprint density at radius 3 is 2.74 bits per heavy atom. The number of hydrogen-bond acceptors (Lipinski definition) is 5. The van der Waals surface area contributed by atoms with Gasteiger partial charge in [-0.3, -0.25) is 9.59 Å². The highest BCUT2D eigenvalue weighted by molar-refractivity contribution is 7.12. The zero-order chi connectivity index (χ0) is 18.0. The van der Waals surface area contributed by atoms with E-state index < -0.39 is 0 Å². The number of nitrogens with zero attached hydrogens (tertiary/aromatic N) is 1. The zero-order valence-electron chi connectivity index (χ0n) is 15.0. The Labute approximate surface area is 173 Å². The van der Waals surface area contributed by atoms with Crippen molar-refractivity contribution in [2.24, 2.45) is 5.41 Å². The lowest BCUT2D eigenvalue weighted by Gasteiger charge is -2.29. The van der Waals surface area contributed by atoms with E-state index in [9.17, 15) is 9.59 Å². The maximum Gasteiger partial charge on any atom is 0.261 e. The van der Waals surface area contributed by atoms with Gasteiger partial charge in [0.25, 0.3) is 5.91 Å². The number of halogens is 1. The summed E-state index contributed by atoms with van der Waals surface area (Å²) in [6.45, 7) is 2.76. The summed E-state index contributed by atoms with van der Waals surface area (Å²) in [4.78, 5) is 27.7. The van der Waals surface area contributed by atoms with E-state index in [4.69, 9.17) is 0 Å². The van der Waals surface area contributed by atoms with Crippen LogP contribution in [0.5, 0.6) is 0 Å². The van der Waals surface area contributed by atoms with E-state index in [1.807, 2.05) is 21.7 Å². The number of piperidine rings is 1. The van der Waals surface area contributed by atoms with Crippen molar-refractivity contribution in [3.05, 3.63) is 44.8 Å². The number of rotatable bonds is 6. The molecule has 0 aromatic carbocycles. The van der Waals surface area contributed by atoms with Crippen LogP contribution in [0.25, 0.3) is 0 Å². The van der Waals surface area contributed by atoms with Gasteiger partial charge in [0.05, 0.1) is 11.4 Å². The van der Waals surface area contributed by atoms with Gasteiger partial charge in [0.15, 0.2) is 0 Å². The molecule has 146 valence electrons. The average Bonchev–Trinajstić information content (AvgIpc) is 3.12. The quantitative estimate of drug-likeness (QED) is 0.747. The van der Waals surface area contributed by atoms with E-state index in [2.05, 4.69) is 22.1 Å². The van der Waals surface area contributed by atoms with Crippen molar-refractivity contribution < 1.29 is 9.59 Å². The Bertz CT molecular complexity index is 758. The second-order valence-electron chi connectivity index (χ2n) is 7.15. The van der Waals surface area contributed by atoms with Crippen LogP contribution >= 0.6 is 35.1 Å². The summed E-state index contributed by atoms with van der Waals surface area (Å²) in [6.07, 6.45) is 3.35. The number of hydrogen-bond donors (Lipinski definition) is 2. The molecule has 1 unspecified atom stereocenters. The fourth-order valence-corrected chi connectivity index (χ4v) is 5.23. The van der Waals surface area contributed by atoms with Crippen LogP contribution in [-0.2, 0) is 11.3 Å². The van der Waals surface area contributed by atoms with Crippen LogP contribution < -0.4 is 10.6 Å². The fourth-order valence-electron chi connectivity index (χ4n) is 3.93. The molecule has 2 aromatic heterocycles. The fraction of sp³-hybridized carbons (Fsp3) is 0.474. The van der Waals surface area contributed by atoms with Gasteiger partial charge < -0.3 is 15.5 Å². The molecule has 2 aromatic rings. The number of amides is 2. The van der Waals surface area contributed by atoms with Gasteiger partial charge in [-0.1, -0.05) is 6.07 Å². The van der Waals surface area contributed by atoms with Crippen LogP contribution in [0.15, 0.2) is 34.3 Å². The first-order valence-corrected chi connectivity index (χ1v) is 10.8. The number of carbonyl (C=O) groups is 2. The summed E-state index contributed by atoms with van der Waals surface area (Å²) < 4.78 is 0. The minimum atomic E-state index is -0.170. The lowest BCUT2D eigenvalue weighted by atomic mass is 9.93. The summed E-state index contributed by atoms with van der Waals surface area (Å²) in [5.74, 6) is -0.155. The zero-order valence-corrected chi connectivity index (χ0v) is 17.4. The third-order valence-electron chi connectivity index (χ3n) is 5.52. The molecule has 3 heterocycles. The number of thiophene rings is 2. The first-order chi connectivity index (χ1) is 12.7. The lowest BCUT2D eigenvalue weighted by molar-refractivity contribution is -0.132. The van der Waals surface area contributed by atoms with E-state index in [1.54, 1.807) is 17.4 Å². The summed E-state index contributed by atoms with van der Waals surface area (Å²) in [5.41, 5.74) is 1.46. The number of nitrogens with one attached hydrogen (secondary N) is 2. The third-order valence-corrected chi connectivity index (χ3v) is 7.12. The molecule has 2 fully saturated rings. The van der Waals surface area contributed by atoms with Crippen LogP contribution in [-0.4, -0.2) is 42.4 Å². The van der Waals surface area contributed by atoms with E-state index >= 15 is 0 Å². The highest BCUT2D eigenvalue weighted by Crippen LogP contribution is 2.56. The largest absolute Gasteiger partial charge is 0.342 e. The molecule has 1 saturated heterocycles. The first-order valence-electron chi connectivity index (χ1n) is 9.01. The maximum absolute atomic E-state index is 13.0. The number of carbonyl (C=O) groups excluding carboxylic acids is 2. The van der Waals surface area contributed by atoms with Crippen molar-refractivity contribution in [2.75, 3.05) is 19.6 Å². The Morgan fingerprint density at radius 1 is 1.26 bits per heavy atom. The highest BCUT2D eigenvalue weighted by atomic mass is 35.5.